The highest BCUT2D eigenvalue weighted by molar-refractivity contribution is 6.35. The number of alkyl halides is 1. The molecule has 0 aromatic heterocycles. The number of hydrazine groups is 1. The quantitative estimate of drug-likeness (QED) is 0.320. The van der Waals surface area contributed by atoms with E-state index >= 15 is 0 Å². The molecule has 0 aliphatic carbocycles. The lowest BCUT2D eigenvalue weighted by molar-refractivity contribution is -0.157. The van der Waals surface area contributed by atoms with Crippen LogP contribution in [0.5, 0.6) is 0 Å². The molecule has 1 heterocycles. The number of hydrogen-bond acceptors (Lipinski definition) is 5. The average Bonchev–Trinajstić information content (AvgIpc) is 2.41. The number of carbonyl (C=O) groups excluding carboxylic acids is 3. The second kappa shape index (κ2) is 6.88. The van der Waals surface area contributed by atoms with Crippen molar-refractivity contribution in [3.63, 3.8) is 0 Å². The second-order valence-corrected chi connectivity index (χ2v) is 4.03. The highest BCUT2D eigenvalue weighted by atomic mass is 35.5. The van der Waals surface area contributed by atoms with Crippen LogP contribution in [0, 0.1) is 4.91 Å². The van der Waals surface area contributed by atoms with Crippen LogP contribution >= 0.6 is 11.6 Å². The molecule has 1 saturated heterocycles. The van der Waals surface area contributed by atoms with Crippen molar-refractivity contribution in [1.29, 1.82) is 0 Å². The minimum absolute atomic E-state index is 0.0235. The van der Waals surface area contributed by atoms with Crippen molar-refractivity contribution in [2.75, 3.05) is 32.1 Å². The number of halogens is 1. The molecule has 4 amide bonds. The first-order valence-electron chi connectivity index (χ1n) is 5.63. The SMILES string of the molecule is CCN1CCN(NC(=O)N(CCCl)N=O)C(=O)C1=O. The minimum Gasteiger partial charge on any atom is -0.333 e. The zero-order chi connectivity index (χ0) is 14.4. The predicted octanol–water partition coefficient (Wildman–Crippen LogP) is -0.476. The van der Waals surface area contributed by atoms with Gasteiger partial charge in [-0.3, -0.25) is 9.59 Å². The summed E-state index contributed by atoms with van der Waals surface area (Å²) in [5, 5.41) is 3.87. The van der Waals surface area contributed by atoms with Gasteiger partial charge in [-0.05, 0) is 6.92 Å². The largest absolute Gasteiger partial charge is 0.359 e. The van der Waals surface area contributed by atoms with Gasteiger partial charge >= 0.3 is 17.8 Å². The number of nitroso groups, excluding NO2 is 1. The van der Waals surface area contributed by atoms with Gasteiger partial charge in [-0.1, -0.05) is 0 Å². The number of nitrogens with zero attached hydrogens (tertiary/aromatic N) is 4. The molecule has 9 nitrogen and oxygen atoms in total. The zero-order valence-corrected chi connectivity index (χ0v) is 11.1. The smallest absolute Gasteiger partial charge is 0.333 e. The van der Waals surface area contributed by atoms with Crippen LogP contribution < -0.4 is 5.43 Å². The Labute approximate surface area is 114 Å². The fourth-order valence-electron chi connectivity index (χ4n) is 1.52. The van der Waals surface area contributed by atoms with Crippen LogP contribution in [0.4, 0.5) is 4.79 Å². The first-order valence-corrected chi connectivity index (χ1v) is 6.16. The lowest BCUT2D eigenvalue weighted by Crippen LogP contribution is -2.61. The molecule has 0 radical (unpaired) electrons. The molecule has 1 fully saturated rings. The van der Waals surface area contributed by atoms with Crippen LogP contribution in [-0.2, 0) is 9.59 Å². The van der Waals surface area contributed by atoms with Crippen molar-refractivity contribution in [3.05, 3.63) is 4.91 Å². The van der Waals surface area contributed by atoms with Crippen LogP contribution in [-0.4, -0.2) is 64.8 Å². The third-order valence-electron chi connectivity index (χ3n) is 2.55. The Morgan fingerprint density at radius 1 is 1.42 bits per heavy atom. The molecular weight excluding hydrogens is 278 g/mol. The molecule has 10 heteroatoms. The zero-order valence-electron chi connectivity index (χ0n) is 10.3. The van der Waals surface area contributed by atoms with Crippen LogP contribution in [0.15, 0.2) is 5.29 Å². The number of carbonyl (C=O) groups is 3. The summed E-state index contributed by atoms with van der Waals surface area (Å²) in [6, 6.07) is -0.901. The summed E-state index contributed by atoms with van der Waals surface area (Å²) in [5.41, 5.74) is 2.15. The van der Waals surface area contributed by atoms with Crippen molar-refractivity contribution in [3.8, 4) is 0 Å². The Kier molecular flexibility index (Phi) is 5.49. The summed E-state index contributed by atoms with van der Waals surface area (Å²) < 4.78 is 0. The monoisotopic (exact) mass is 291 g/mol. The first kappa shape index (κ1) is 15.2. The average molecular weight is 292 g/mol. The number of amides is 4. The van der Waals surface area contributed by atoms with Crippen molar-refractivity contribution in [2.45, 2.75) is 6.92 Å². The maximum Gasteiger partial charge on any atom is 0.359 e. The van der Waals surface area contributed by atoms with Crippen LogP contribution in [0.3, 0.4) is 0 Å². The standard InChI is InChI=1S/C9H14ClN5O4/c1-2-13-5-6-14(8(17)7(13)16)11-9(18)15(12-19)4-3-10/h2-6H2,1H3,(H,11,18). The topological polar surface area (TPSA) is 102 Å². The van der Waals surface area contributed by atoms with Crippen molar-refractivity contribution >= 4 is 29.4 Å². The normalized spacial score (nSPS) is 15.5. The summed E-state index contributed by atoms with van der Waals surface area (Å²) >= 11 is 5.39. The number of hydrogen-bond donors (Lipinski definition) is 1. The summed E-state index contributed by atoms with van der Waals surface area (Å²) in [7, 11) is 0. The molecule has 0 saturated carbocycles. The van der Waals surface area contributed by atoms with Gasteiger partial charge in [-0.25, -0.2) is 15.2 Å². The molecule has 19 heavy (non-hydrogen) atoms. The van der Waals surface area contributed by atoms with Gasteiger partial charge in [0.05, 0.1) is 18.4 Å². The van der Waals surface area contributed by atoms with E-state index < -0.39 is 17.8 Å². The van der Waals surface area contributed by atoms with E-state index in [4.69, 9.17) is 11.6 Å². The van der Waals surface area contributed by atoms with E-state index in [1.54, 1.807) is 6.92 Å². The van der Waals surface area contributed by atoms with Gasteiger partial charge in [0.2, 0.25) is 0 Å². The van der Waals surface area contributed by atoms with Crippen molar-refractivity contribution < 1.29 is 14.4 Å². The number of rotatable bonds is 5. The Hall–Kier alpha value is -1.90. The van der Waals surface area contributed by atoms with E-state index in [1.807, 2.05) is 0 Å². The Morgan fingerprint density at radius 2 is 2.11 bits per heavy atom. The maximum absolute atomic E-state index is 11.7. The third kappa shape index (κ3) is 3.53. The molecule has 0 bridgehead atoms. The van der Waals surface area contributed by atoms with Crippen molar-refractivity contribution in [2.24, 2.45) is 5.29 Å². The van der Waals surface area contributed by atoms with Crippen LogP contribution in [0.1, 0.15) is 6.92 Å². The lowest BCUT2D eigenvalue weighted by atomic mass is 10.3. The highest BCUT2D eigenvalue weighted by Gasteiger charge is 2.33. The summed E-state index contributed by atoms with van der Waals surface area (Å²) in [4.78, 5) is 46.6. The fraction of sp³-hybridized carbons (Fsp3) is 0.667. The molecule has 0 unspecified atom stereocenters. The molecule has 1 aliphatic heterocycles. The van der Waals surface area contributed by atoms with Gasteiger partial charge in [0.25, 0.3) is 0 Å². The summed E-state index contributed by atoms with van der Waals surface area (Å²) in [6.45, 7) is 2.54. The molecule has 1 N–H and O–H groups in total. The molecule has 0 atom stereocenters. The van der Waals surface area contributed by atoms with Crippen molar-refractivity contribution in [1.82, 2.24) is 20.3 Å². The van der Waals surface area contributed by atoms with Gasteiger partial charge in [0.15, 0.2) is 0 Å². The first-order chi connectivity index (χ1) is 9.04. The number of nitrogens with one attached hydrogen (secondary N) is 1. The van der Waals surface area contributed by atoms with E-state index in [9.17, 15) is 19.3 Å². The van der Waals surface area contributed by atoms with Crippen LogP contribution in [0.25, 0.3) is 0 Å². The molecule has 0 aromatic carbocycles. The summed E-state index contributed by atoms with van der Waals surface area (Å²) in [6.07, 6.45) is 0. The number of piperazine rings is 1. The van der Waals surface area contributed by atoms with Gasteiger partial charge in [0, 0.05) is 19.0 Å². The minimum atomic E-state index is -0.901. The van der Waals surface area contributed by atoms with Crippen LogP contribution in [0.2, 0.25) is 0 Å². The molecule has 106 valence electrons. The summed E-state index contributed by atoms with van der Waals surface area (Å²) in [5.74, 6) is -1.52. The van der Waals surface area contributed by atoms with Gasteiger partial charge < -0.3 is 4.90 Å². The molecule has 0 aromatic rings. The maximum atomic E-state index is 11.7. The Morgan fingerprint density at radius 3 is 2.63 bits per heavy atom. The van der Waals surface area contributed by atoms with E-state index in [-0.39, 0.29) is 19.0 Å². The number of urea groups is 1. The van der Waals surface area contributed by atoms with E-state index in [1.165, 1.54) is 4.90 Å². The molecular formula is C9H14ClN5O4. The Balaban J connectivity index is 2.62. The molecule has 0 spiro atoms. The van der Waals surface area contributed by atoms with Gasteiger partial charge in [-0.2, -0.15) is 5.01 Å². The van der Waals surface area contributed by atoms with E-state index in [0.717, 1.165) is 5.01 Å². The van der Waals surface area contributed by atoms with Gasteiger partial charge in [-0.15, -0.1) is 16.5 Å². The lowest BCUT2D eigenvalue weighted by Gasteiger charge is -2.33. The number of likely N-dealkylation sites (N-methyl/N-ethyl adjacent to an activating group) is 1. The highest BCUT2D eigenvalue weighted by Crippen LogP contribution is 2.03. The third-order valence-corrected chi connectivity index (χ3v) is 2.72. The predicted molar refractivity (Wildman–Crippen MR) is 65.7 cm³/mol. The van der Waals surface area contributed by atoms with Gasteiger partial charge in [0.1, 0.15) is 0 Å². The Bertz CT molecular complexity index is 391. The van der Waals surface area contributed by atoms with E-state index in [2.05, 4.69) is 10.7 Å². The molecule has 1 aliphatic rings. The second-order valence-electron chi connectivity index (χ2n) is 3.65. The molecule has 1 rings (SSSR count). The van der Waals surface area contributed by atoms with E-state index in [0.29, 0.717) is 18.1 Å². The fourth-order valence-corrected chi connectivity index (χ4v) is 1.68.